The molecule has 0 radical (unpaired) electrons. The number of halogens is 3. The van der Waals surface area contributed by atoms with E-state index in [0.717, 1.165) is 17.1 Å². The van der Waals surface area contributed by atoms with Crippen LogP contribution in [0.5, 0.6) is 0 Å². The number of amides is 1. The van der Waals surface area contributed by atoms with Crippen LogP contribution in [0.2, 0.25) is 12.6 Å². The fourth-order valence-corrected chi connectivity index (χ4v) is 5.09. The Hall–Kier alpha value is -2.80. The highest BCUT2D eigenvalue weighted by Crippen LogP contribution is 2.37. The minimum atomic E-state index is -4.55. The minimum absolute atomic E-state index is 0.0357. The lowest BCUT2D eigenvalue weighted by Gasteiger charge is -2.32. The van der Waals surface area contributed by atoms with Crippen LogP contribution >= 0.6 is 0 Å². The van der Waals surface area contributed by atoms with Crippen LogP contribution in [0.1, 0.15) is 63.6 Å². The van der Waals surface area contributed by atoms with Crippen molar-refractivity contribution in [2.75, 3.05) is 18.4 Å². The molecule has 2 aliphatic heterocycles. The third-order valence-electron chi connectivity index (χ3n) is 8.39. The third kappa shape index (κ3) is 6.91. The van der Waals surface area contributed by atoms with E-state index in [2.05, 4.69) is 11.3 Å². The van der Waals surface area contributed by atoms with Gasteiger partial charge in [-0.15, -0.1) is 0 Å². The van der Waals surface area contributed by atoms with E-state index >= 15 is 0 Å². The number of hydrogen-bond acceptors (Lipinski definition) is 5. The zero-order valence-corrected chi connectivity index (χ0v) is 23.8. The van der Waals surface area contributed by atoms with Gasteiger partial charge in [-0.1, -0.05) is 37.3 Å². The molecule has 0 aromatic heterocycles. The minimum Gasteiger partial charge on any atom is -0.399 e. The summed E-state index contributed by atoms with van der Waals surface area (Å²) in [7, 11) is -0.479. The van der Waals surface area contributed by atoms with Gasteiger partial charge in [0.25, 0.3) is 6.71 Å². The van der Waals surface area contributed by atoms with Gasteiger partial charge in [0.15, 0.2) is 0 Å². The molecular formula is C29H36B2F3N3O3. The van der Waals surface area contributed by atoms with Gasteiger partial charge < -0.3 is 19.5 Å². The lowest BCUT2D eigenvalue weighted by atomic mass is 9.45. The predicted octanol–water partition coefficient (Wildman–Crippen LogP) is 5.51. The summed E-state index contributed by atoms with van der Waals surface area (Å²) in [5, 5.41) is 11.7. The second kappa shape index (κ2) is 11.6. The van der Waals surface area contributed by atoms with Gasteiger partial charge in [-0.05, 0) is 88.1 Å². The van der Waals surface area contributed by atoms with Crippen LogP contribution in [0, 0.1) is 11.2 Å². The van der Waals surface area contributed by atoms with Crippen LogP contribution in [0.4, 0.5) is 18.9 Å². The van der Waals surface area contributed by atoms with Crippen molar-refractivity contribution in [1.29, 1.82) is 5.26 Å². The van der Waals surface area contributed by atoms with Gasteiger partial charge in [0, 0.05) is 24.6 Å². The van der Waals surface area contributed by atoms with Crippen molar-refractivity contribution >= 4 is 30.9 Å². The second-order valence-corrected chi connectivity index (χ2v) is 12.0. The summed E-state index contributed by atoms with van der Waals surface area (Å²) < 4.78 is 53.9. The Morgan fingerprint density at radius 2 is 1.68 bits per heavy atom. The smallest absolute Gasteiger partial charge is 0.399 e. The van der Waals surface area contributed by atoms with Crippen LogP contribution in [-0.2, 0) is 26.8 Å². The molecule has 11 heteroatoms. The van der Waals surface area contributed by atoms with E-state index in [4.69, 9.17) is 14.6 Å². The Labute approximate surface area is 235 Å². The molecule has 0 spiro atoms. The molecule has 1 N–H and O–H groups in total. The highest BCUT2D eigenvalue weighted by atomic mass is 19.4. The zero-order chi connectivity index (χ0) is 29.3. The Kier molecular flexibility index (Phi) is 8.74. The number of hydrogen-bond donors (Lipinski definition) is 1. The molecule has 1 unspecified atom stereocenters. The molecule has 6 nitrogen and oxygen atoms in total. The summed E-state index contributed by atoms with van der Waals surface area (Å²) >= 11 is 0. The highest BCUT2D eigenvalue weighted by Gasteiger charge is 2.51. The van der Waals surface area contributed by atoms with Crippen LogP contribution in [0.25, 0.3) is 0 Å². The van der Waals surface area contributed by atoms with Crippen molar-refractivity contribution in [3.05, 3.63) is 59.2 Å². The first-order chi connectivity index (χ1) is 18.7. The molecule has 2 aromatic carbocycles. The van der Waals surface area contributed by atoms with Crippen molar-refractivity contribution < 1.29 is 27.3 Å². The largest absolute Gasteiger partial charge is 0.494 e. The van der Waals surface area contributed by atoms with E-state index in [-0.39, 0.29) is 42.8 Å². The van der Waals surface area contributed by atoms with Crippen LogP contribution in [0.15, 0.2) is 42.5 Å². The summed E-state index contributed by atoms with van der Waals surface area (Å²) in [6.07, 6.45) is -3.11. The first-order valence-electron chi connectivity index (χ1n) is 13.8. The molecule has 2 heterocycles. The first-order valence-corrected chi connectivity index (χ1v) is 13.8. The zero-order valence-electron chi connectivity index (χ0n) is 23.8. The van der Waals surface area contributed by atoms with Gasteiger partial charge in [-0.3, -0.25) is 4.79 Å². The first kappa shape index (κ1) is 30.2. The second-order valence-electron chi connectivity index (χ2n) is 12.0. The maximum atomic E-state index is 13.9. The number of nitrogens with zero attached hydrogens (tertiary/aromatic N) is 2. The molecule has 212 valence electrons. The Balaban J connectivity index is 1.37. The van der Waals surface area contributed by atoms with E-state index in [9.17, 15) is 18.0 Å². The SMILES string of the molecule is CC(CC(=O)Nc1ccc(CN2CCB(C#N)CC2)c(C(F)(F)F)c1)c1ccc(B2OC(C)(C)C(C)(C)O2)cc1. The highest BCUT2D eigenvalue weighted by molar-refractivity contribution is 6.67. The number of carbonyl (C=O) groups is 1. The summed E-state index contributed by atoms with van der Waals surface area (Å²) in [5.41, 5.74) is 0.459. The van der Waals surface area contributed by atoms with E-state index in [0.29, 0.717) is 25.7 Å². The average Bonchev–Trinajstić information content (AvgIpc) is 3.11. The molecule has 40 heavy (non-hydrogen) atoms. The van der Waals surface area contributed by atoms with Crippen molar-refractivity contribution in [3.8, 4) is 5.97 Å². The quantitative estimate of drug-likeness (QED) is 0.458. The Morgan fingerprint density at radius 3 is 2.23 bits per heavy atom. The standard InChI is InChI=1S/C29H36B2F3N3O3/c1-20(21-6-9-23(10-7-21)31-39-27(2,3)28(4,5)40-31)16-26(38)36-24-11-8-22(25(17-24)29(32,33)34)18-37-14-12-30(19-35)13-15-37/h6-11,17,20H,12-16,18H2,1-5H3,(H,36,38). The molecule has 1 atom stereocenters. The molecule has 2 fully saturated rings. The number of rotatable bonds is 7. The lowest BCUT2D eigenvalue weighted by Crippen LogP contribution is -2.41. The van der Waals surface area contributed by atoms with Crippen molar-refractivity contribution in [2.24, 2.45) is 0 Å². The average molecular weight is 553 g/mol. The normalized spacial score (nSPS) is 19.8. The predicted molar refractivity (Wildman–Crippen MR) is 152 cm³/mol. The molecular weight excluding hydrogens is 517 g/mol. The van der Waals surface area contributed by atoms with Gasteiger partial charge in [-0.2, -0.15) is 13.2 Å². The number of carbonyl (C=O) groups excluding carboxylic acids is 1. The van der Waals surface area contributed by atoms with Crippen LogP contribution in [0.3, 0.4) is 0 Å². The number of benzene rings is 2. The molecule has 2 aliphatic rings. The van der Waals surface area contributed by atoms with Crippen molar-refractivity contribution in [2.45, 2.75) is 83.5 Å². The summed E-state index contributed by atoms with van der Waals surface area (Å²) in [4.78, 5) is 14.7. The van der Waals surface area contributed by atoms with E-state index in [1.807, 2.05) is 63.8 Å². The fraction of sp³-hybridized carbons (Fsp3) is 0.517. The fourth-order valence-electron chi connectivity index (χ4n) is 5.09. The Morgan fingerprint density at radius 1 is 1.07 bits per heavy atom. The van der Waals surface area contributed by atoms with Gasteiger partial charge in [0.1, 0.15) is 0 Å². The molecule has 0 saturated carbocycles. The van der Waals surface area contributed by atoms with Crippen molar-refractivity contribution in [1.82, 2.24) is 4.90 Å². The van der Waals surface area contributed by atoms with Gasteiger partial charge in [0.2, 0.25) is 5.91 Å². The molecule has 2 aromatic rings. The third-order valence-corrected chi connectivity index (χ3v) is 8.39. The molecule has 4 rings (SSSR count). The molecule has 0 aliphatic carbocycles. The summed E-state index contributed by atoms with van der Waals surface area (Å²) in [6, 6.07) is 11.7. The molecule has 1 amide bonds. The summed E-state index contributed by atoms with van der Waals surface area (Å²) in [5.74, 6) is 1.73. The van der Waals surface area contributed by atoms with E-state index in [1.165, 1.54) is 12.1 Å². The van der Waals surface area contributed by atoms with Gasteiger partial charge in [0.05, 0.1) is 16.8 Å². The van der Waals surface area contributed by atoms with Crippen molar-refractivity contribution in [3.63, 3.8) is 0 Å². The maximum absolute atomic E-state index is 13.9. The van der Waals surface area contributed by atoms with E-state index in [1.54, 1.807) is 0 Å². The number of anilines is 1. The lowest BCUT2D eigenvalue weighted by molar-refractivity contribution is -0.138. The maximum Gasteiger partial charge on any atom is 0.494 e. The van der Waals surface area contributed by atoms with Gasteiger partial charge >= 0.3 is 13.3 Å². The monoisotopic (exact) mass is 553 g/mol. The number of nitriles is 1. The van der Waals surface area contributed by atoms with Crippen LogP contribution < -0.4 is 10.8 Å². The van der Waals surface area contributed by atoms with Gasteiger partial charge in [-0.25, -0.2) is 5.26 Å². The topological polar surface area (TPSA) is 74.6 Å². The van der Waals surface area contributed by atoms with Crippen LogP contribution in [-0.4, -0.2) is 48.9 Å². The number of alkyl halides is 3. The summed E-state index contributed by atoms with van der Waals surface area (Å²) in [6.45, 7) is 11.2. The molecule has 2 saturated heterocycles. The molecule has 0 bridgehead atoms. The van der Waals surface area contributed by atoms with E-state index < -0.39 is 30.1 Å². The number of nitrogens with one attached hydrogen (secondary N) is 1. The Bertz CT molecular complexity index is 1240.